The monoisotopic (exact) mass is 319 g/mol. The maximum Gasteiger partial charge on any atom is 0.255 e. The average Bonchev–Trinajstić information content (AvgIpc) is 3.18. The molecular formula is C15H17N3O3S. The highest BCUT2D eigenvalue weighted by atomic mass is 32.1. The fourth-order valence-corrected chi connectivity index (χ4v) is 3.12. The Balaban J connectivity index is 1.61. The molecule has 0 aromatic carbocycles. The number of furan rings is 1. The number of nitrogens with zero attached hydrogens (tertiary/aromatic N) is 2. The van der Waals surface area contributed by atoms with Crippen molar-refractivity contribution in [3.05, 3.63) is 29.2 Å². The van der Waals surface area contributed by atoms with Crippen molar-refractivity contribution in [1.29, 1.82) is 0 Å². The van der Waals surface area contributed by atoms with Gasteiger partial charge in [0.2, 0.25) is 5.13 Å². The Bertz CT molecular complexity index is 665. The topological polar surface area (TPSA) is 77.3 Å². The van der Waals surface area contributed by atoms with Gasteiger partial charge >= 0.3 is 0 Å². The second-order valence-electron chi connectivity index (χ2n) is 5.36. The van der Waals surface area contributed by atoms with Crippen LogP contribution in [0.5, 0.6) is 0 Å². The lowest BCUT2D eigenvalue weighted by molar-refractivity contribution is -0.127. The molecule has 3 atom stereocenters. The smallest absolute Gasteiger partial charge is 0.255 e. The molecule has 1 N–H and O–H groups in total. The van der Waals surface area contributed by atoms with Gasteiger partial charge in [0.25, 0.3) is 5.91 Å². The number of nitrogens with one attached hydrogen (secondary N) is 1. The fourth-order valence-electron chi connectivity index (χ4n) is 2.48. The number of aromatic nitrogens is 2. The molecule has 3 heterocycles. The third-order valence-corrected chi connectivity index (χ3v) is 4.27. The Morgan fingerprint density at radius 1 is 1.41 bits per heavy atom. The molecule has 116 valence electrons. The molecule has 7 heteroatoms. The predicted octanol–water partition coefficient (Wildman–Crippen LogP) is 3.05. The zero-order chi connectivity index (χ0) is 15.5. The van der Waals surface area contributed by atoms with Crippen molar-refractivity contribution >= 4 is 34.5 Å². The van der Waals surface area contributed by atoms with Gasteiger partial charge in [-0.15, -0.1) is 10.2 Å². The SMILES string of the molecule is CC1CC(C)C(C(=O)Nc2nnc(/C=C/c3ccco3)s2)O1. The summed E-state index contributed by atoms with van der Waals surface area (Å²) in [6.45, 7) is 4.00. The number of hydrogen-bond acceptors (Lipinski definition) is 6. The zero-order valence-electron chi connectivity index (χ0n) is 12.4. The number of hydrogen-bond donors (Lipinski definition) is 1. The third-order valence-electron chi connectivity index (χ3n) is 3.46. The summed E-state index contributed by atoms with van der Waals surface area (Å²) in [5.74, 6) is 0.791. The number of amides is 1. The summed E-state index contributed by atoms with van der Waals surface area (Å²) in [6, 6.07) is 3.66. The summed E-state index contributed by atoms with van der Waals surface area (Å²) in [5, 5.41) is 11.9. The molecular weight excluding hydrogens is 302 g/mol. The highest BCUT2D eigenvalue weighted by Crippen LogP contribution is 2.27. The van der Waals surface area contributed by atoms with E-state index in [1.165, 1.54) is 11.3 Å². The van der Waals surface area contributed by atoms with Crippen molar-refractivity contribution in [2.24, 2.45) is 5.92 Å². The van der Waals surface area contributed by atoms with Gasteiger partial charge in [-0.25, -0.2) is 0 Å². The molecule has 1 fully saturated rings. The van der Waals surface area contributed by atoms with Crippen molar-refractivity contribution in [2.45, 2.75) is 32.5 Å². The van der Waals surface area contributed by atoms with Crippen LogP contribution < -0.4 is 5.32 Å². The summed E-state index contributed by atoms with van der Waals surface area (Å²) in [6.07, 6.45) is 5.80. The molecule has 22 heavy (non-hydrogen) atoms. The summed E-state index contributed by atoms with van der Waals surface area (Å²) < 4.78 is 10.8. The Morgan fingerprint density at radius 2 is 2.27 bits per heavy atom. The first-order valence-corrected chi connectivity index (χ1v) is 7.95. The van der Waals surface area contributed by atoms with E-state index in [0.29, 0.717) is 10.1 Å². The molecule has 1 aliphatic heterocycles. The number of anilines is 1. The van der Waals surface area contributed by atoms with Crippen LogP contribution in [0, 0.1) is 5.92 Å². The van der Waals surface area contributed by atoms with Gasteiger partial charge in [-0.1, -0.05) is 18.3 Å². The lowest BCUT2D eigenvalue weighted by Gasteiger charge is -2.13. The molecule has 6 nitrogen and oxygen atoms in total. The Hall–Kier alpha value is -1.99. The minimum Gasteiger partial charge on any atom is -0.465 e. The normalized spacial score (nSPS) is 24.9. The first kappa shape index (κ1) is 14.9. The van der Waals surface area contributed by atoms with Gasteiger partial charge in [-0.3, -0.25) is 10.1 Å². The molecule has 0 aliphatic carbocycles. The summed E-state index contributed by atoms with van der Waals surface area (Å²) in [5.41, 5.74) is 0. The van der Waals surface area contributed by atoms with Crippen molar-refractivity contribution in [2.75, 3.05) is 5.32 Å². The lowest BCUT2D eigenvalue weighted by atomic mass is 10.0. The highest BCUT2D eigenvalue weighted by Gasteiger charge is 2.35. The average molecular weight is 319 g/mol. The van der Waals surface area contributed by atoms with Crippen LogP contribution >= 0.6 is 11.3 Å². The van der Waals surface area contributed by atoms with Gasteiger partial charge < -0.3 is 9.15 Å². The van der Waals surface area contributed by atoms with E-state index >= 15 is 0 Å². The first-order chi connectivity index (χ1) is 10.6. The van der Waals surface area contributed by atoms with Crippen LogP contribution in [0.2, 0.25) is 0 Å². The van der Waals surface area contributed by atoms with E-state index in [1.807, 2.05) is 26.0 Å². The molecule has 3 unspecified atom stereocenters. The van der Waals surface area contributed by atoms with Crippen LogP contribution in [0.15, 0.2) is 22.8 Å². The predicted molar refractivity (Wildman–Crippen MR) is 84.3 cm³/mol. The summed E-state index contributed by atoms with van der Waals surface area (Å²) >= 11 is 1.31. The van der Waals surface area contributed by atoms with Gasteiger partial charge in [0.1, 0.15) is 16.9 Å². The molecule has 0 radical (unpaired) electrons. The molecule has 2 aromatic heterocycles. The van der Waals surface area contributed by atoms with Crippen LogP contribution in [-0.4, -0.2) is 28.3 Å². The molecule has 0 bridgehead atoms. The number of carbonyl (C=O) groups excluding carboxylic acids is 1. The molecule has 1 amide bonds. The van der Waals surface area contributed by atoms with Gasteiger partial charge in [0.15, 0.2) is 0 Å². The van der Waals surface area contributed by atoms with Gasteiger partial charge in [0.05, 0.1) is 12.4 Å². The molecule has 3 rings (SSSR count). The van der Waals surface area contributed by atoms with E-state index in [2.05, 4.69) is 15.5 Å². The maximum atomic E-state index is 12.2. The van der Waals surface area contributed by atoms with Crippen molar-refractivity contribution in [3.63, 3.8) is 0 Å². The Kier molecular flexibility index (Phi) is 4.35. The number of carbonyl (C=O) groups is 1. The zero-order valence-corrected chi connectivity index (χ0v) is 13.2. The molecule has 0 spiro atoms. The van der Waals surface area contributed by atoms with Gasteiger partial charge in [-0.05, 0) is 43.5 Å². The van der Waals surface area contributed by atoms with E-state index in [-0.39, 0.29) is 17.9 Å². The van der Waals surface area contributed by atoms with E-state index in [4.69, 9.17) is 9.15 Å². The van der Waals surface area contributed by atoms with Gasteiger partial charge in [0, 0.05) is 0 Å². The van der Waals surface area contributed by atoms with Crippen LogP contribution in [0.4, 0.5) is 5.13 Å². The van der Waals surface area contributed by atoms with E-state index in [1.54, 1.807) is 18.4 Å². The van der Waals surface area contributed by atoms with E-state index in [0.717, 1.165) is 12.2 Å². The maximum absolute atomic E-state index is 12.2. The van der Waals surface area contributed by atoms with Crippen LogP contribution in [0.25, 0.3) is 12.2 Å². The Morgan fingerprint density at radius 3 is 2.95 bits per heavy atom. The lowest BCUT2D eigenvalue weighted by Crippen LogP contribution is -2.31. The number of rotatable bonds is 4. The molecule has 0 saturated carbocycles. The van der Waals surface area contributed by atoms with Crippen LogP contribution in [0.1, 0.15) is 31.0 Å². The molecule has 1 saturated heterocycles. The number of ether oxygens (including phenoxy) is 1. The molecule has 2 aromatic rings. The third kappa shape index (κ3) is 3.42. The van der Waals surface area contributed by atoms with Crippen molar-refractivity contribution in [3.8, 4) is 0 Å². The van der Waals surface area contributed by atoms with Crippen LogP contribution in [0.3, 0.4) is 0 Å². The first-order valence-electron chi connectivity index (χ1n) is 7.13. The highest BCUT2D eigenvalue weighted by molar-refractivity contribution is 7.16. The van der Waals surface area contributed by atoms with E-state index < -0.39 is 6.10 Å². The van der Waals surface area contributed by atoms with Crippen molar-refractivity contribution in [1.82, 2.24) is 10.2 Å². The standard InChI is InChI=1S/C15H17N3O3S/c1-9-8-10(2)21-13(9)14(19)16-15-18-17-12(22-15)6-5-11-4-3-7-20-11/h3-7,9-10,13H,8H2,1-2H3,(H,16,18,19)/b6-5+. The second-order valence-corrected chi connectivity index (χ2v) is 6.37. The minimum absolute atomic E-state index is 0.118. The Labute approximate surface area is 132 Å². The summed E-state index contributed by atoms with van der Waals surface area (Å²) in [7, 11) is 0. The largest absolute Gasteiger partial charge is 0.465 e. The molecule has 1 aliphatic rings. The van der Waals surface area contributed by atoms with Crippen molar-refractivity contribution < 1.29 is 13.9 Å². The summed E-state index contributed by atoms with van der Waals surface area (Å²) in [4.78, 5) is 12.2. The van der Waals surface area contributed by atoms with Crippen LogP contribution in [-0.2, 0) is 9.53 Å². The second kappa shape index (κ2) is 6.41. The van der Waals surface area contributed by atoms with E-state index in [9.17, 15) is 4.79 Å². The fraction of sp³-hybridized carbons (Fsp3) is 0.400. The minimum atomic E-state index is -0.416. The quantitative estimate of drug-likeness (QED) is 0.937. The van der Waals surface area contributed by atoms with Gasteiger partial charge in [-0.2, -0.15) is 0 Å².